The van der Waals surface area contributed by atoms with Crippen LogP contribution in [0.2, 0.25) is 0 Å². The van der Waals surface area contributed by atoms with Crippen molar-refractivity contribution in [2.24, 2.45) is 7.05 Å². The van der Waals surface area contributed by atoms with E-state index < -0.39 is 0 Å². The zero-order valence-electron chi connectivity index (χ0n) is 11.4. The van der Waals surface area contributed by atoms with E-state index in [9.17, 15) is 4.79 Å². The second-order valence-electron chi connectivity index (χ2n) is 5.37. The third-order valence-electron chi connectivity index (χ3n) is 3.45. The smallest absolute Gasteiger partial charge is 0.262 e. The molecule has 0 bridgehead atoms. The number of thiophene rings is 1. The molecule has 6 heteroatoms. The minimum Gasteiger partial charge on any atom is -0.290 e. The molecule has 0 saturated carbocycles. The first-order valence-electron chi connectivity index (χ1n) is 6.12. The summed E-state index contributed by atoms with van der Waals surface area (Å²) < 4.78 is 1.89. The highest BCUT2D eigenvalue weighted by atomic mass is 32.2. The lowest BCUT2D eigenvalue weighted by Gasteiger charge is -2.28. The molecular formula is C13H16N2OS3. The molecule has 0 N–H and O–H groups in total. The molecule has 1 aliphatic rings. The van der Waals surface area contributed by atoms with Crippen LogP contribution in [0.4, 0.5) is 0 Å². The van der Waals surface area contributed by atoms with Crippen molar-refractivity contribution in [3.63, 3.8) is 0 Å². The van der Waals surface area contributed by atoms with Gasteiger partial charge in [-0.25, -0.2) is 4.98 Å². The van der Waals surface area contributed by atoms with Crippen LogP contribution in [-0.2, 0) is 19.2 Å². The number of fused-ring (bicyclic) bond motifs is 3. The van der Waals surface area contributed by atoms with Crippen LogP contribution in [0.1, 0.15) is 24.3 Å². The number of nitrogens with zero attached hydrogens (tertiary/aromatic N) is 2. The Kier molecular flexibility index (Phi) is 3.22. The van der Waals surface area contributed by atoms with Crippen molar-refractivity contribution in [1.29, 1.82) is 0 Å². The van der Waals surface area contributed by atoms with Gasteiger partial charge in [0.05, 0.1) is 5.39 Å². The second kappa shape index (κ2) is 4.53. The molecule has 3 heterocycles. The monoisotopic (exact) mass is 312 g/mol. The molecule has 0 fully saturated rings. The van der Waals surface area contributed by atoms with Gasteiger partial charge in [-0.1, -0.05) is 25.6 Å². The normalized spacial score (nSPS) is 17.7. The molecule has 0 unspecified atom stereocenters. The fourth-order valence-corrected chi connectivity index (χ4v) is 5.36. The quantitative estimate of drug-likeness (QED) is 0.598. The minimum atomic E-state index is 0.106. The van der Waals surface area contributed by atoms with Crippen LogP contribution in [0.25, 0.3) is 10.2 Å². The Bertz CT molecular complexity index is 715. The van der Waals surface area contributed by atoms with Gasteiger partial charge in [0, 0.05) is 22.4 Å². The van der Waals surface area contributed by atoms with Crippen LogP contribution in [0, 0.1) is 0 Å². The van der Waals surface area contributed by atoms with Crippen LogP contribution < -0.4 is 5.56 Å². The predicted molar refractivity (Wildman–Crippen MR) is 85.7 cm³/mol. The molecule has 19 heavy (non-hydrogen) atoms. The van der Waals surface area contributed by atoms with E-state index in [1.165, 1.54) is 22.2 Å². The van der Waals surface area contributed by atoms with Gasteiger partial charge in [-0.05, 0) is 18.2 Å². The first kappa shape index (κ1) is 13.5. The molecule has 2 aromatic rings. The average Bonchev–Trinajstić information content (AvgIpc) is 2.70. The van der Waals surface area contributed by atoms with Gasteiger partial charge in [0.1, 0.15) is 4.83 Å². The maximum atomic E-state index is 12.6. The molecule has 0 saturated heterocycles. The van der Waals surface area contributed by atoms with Gasteiger partial charge < -0.3 is 0 Å². The SMILES string of the molecule is CSc1nc2sc3c(c2c(=O)n1C)CC(C)(C)SC3. The van der Waals surface area contributed by atoms with Crippen LogP contribution in [0.3, 0.4) is 0 Å². The predicted octanol–water partition coefficient (Wildman–Crippen LogP) is 3.28. The fourth-order valence-electron chi connectivity index (χ4n) is 2.44. The summed E-state index contributed by atoms with van der Waals surface area (Å²) in [5.41, 5.74) is 1.35. The van der Waals surface area contributed by atoms with Gasteiger partial charge in [0.25, 0.3) is 5.56 Å². The molecule has 102 valence electrons. The van der Waals surface area contributed by atoms with Crippen molar-refractivity contribution in [1.82, 2.24) is 9.55 Å². The maximum Gasteiger partial charge on any atom is 0.262 e. The largest absolute Gasteiger partial charge is 0.290 e. The van der Waals surface area contributed by atoms with Gasteiger partial charge in [-0.3, -0.25) is 9.36 Å². The summed E-state index contributed by atoms with van der Waals surface area (Å²) in [5.74, 6) is 1.00. The van der Waals surface area contributed by atoms with Crippen molar-refractivity contribution < 1.29 is 0 Å². The lowest BCUT2D eigenvalue weighted by atomic mass is 10.00. The summed E-state index contributed by atoms with van der Waals surface area (Å²) in [4.78, 5) is 19.5. The van der Waals surface area contributed by atoms with Crippen molar-refractivity contribution in [3.8, 4) is 0 Å². The molecule has 0 radical (unpaired) electrons. The topological polar surface area (TPSA) is 34.9 Å². The molecule has 0 amide bonds. The first-order valence-corrected chi connectivity index (χ1v) is 9.15. The lowest BCUT2D eigenvalue weighted by Crippen LogP contribution is -2.25. The Hall–Kier alpha value is -0.460. The van der Waals surface area contributed by atoms with Crippen molar-refractivity contribution in [2.45, 2.75) is 35.9 Å². The van der Waals surface area contributed by atoms with Crippen LogP contribution in [0.5, 0.6) is 0 Å². The third kappa shape index (κ3) is 2.14. The van der Waals surface area contributed by atoms with Crippen molar-refractivity contribution >= 4 is 45.1 Å². The minimum absolute atomic E-state index is 0.106. The fraction of sp³-hybridized carbons (Fsp3) is 0.538. The van der Waals surface area contributed by atoms with E-state index >= 15 is 0 Å². The molecule has 0 spiro atoms. The highest BCUT2D eigenvalue weighted by Gasteiger charge is 2.30. The Labute approximate surface area is 124 Å². The van der Waals surface area contributed by atoms with E-state index in [2.05, 4.69) is 18.8 Å². The molecule has 3 rings (SSSR count). The van der Waals surface area contributed by atoms with Crippen molar-refractivity contribution in [2.75, 3.05) is 6.26 Å². The summed E-state index contributed by atoms with van der Waals surface area (Å²) in [5, 5.41) is 1.65. The summed E-state index contributed by atoms with van der Waals surface area (Å²) in [6.45, 7) is 4.50. The summed E-state index contributed by atoms with van der Waals surface area (Å²) in [6, 6.07) is 0. The summed E-state index contributed by atoms with van der Waals surface area (Å²) in [6.07, 6.45) is 2.92. The molecular weight excluding hydrogens is 296 g/mol. The summed E-state index contributed by atoms with van der Waals surface area (Å²) in [7, 11) is 1.81. The third-order valence-corrected chi connectivity index (χ3v) is 6.85. The molecule has 2 aromatic heterocycles. The first-order chi connectivity index (χ1) is 8.93. The van der Waals surface area contributed by atoms with Crippen LogP contribution in [0.15, 0.2) is 9.95 Å². The lowest BCUT2D eigenvalue weighted by molar-refractivity contribution is 0.694. The summed E-state index contributed by atoms with van der Waals surface area (Å²) >= 11 is 5.18. The molecule has 3 nitrogen and oxygen atoms in total. The zero-order chi connectivity index (χ0) is 13.8. The van der Waals surface area contributed by atoms with Gasteiger partial charge in [0.2, 0.25) is 0 Å². The Balaban J connectivity index is 2.32. The van der Waals surface area contributed by atoms with Gasteiger partial charge in [-0.2, -0.15) is 0 Å². The van der Waals surface area contributed by atoms with E-state index in [4.69, 9.17) is 0 Å². The number of rotatable bonds is 1. The number of aromatic nitrogens is 2. The van der Waals surface area contributed by atoms with Gasteiger partial charge >= 0.3 is 0 Å². The van der Waals surface area contributed by atoms with E-state index in [0.717, 1.165) is 27.5 Å². The van der Waals surface area contributed by atoms with E-state index in [-0.39, 0.29) is 10.3 Å². The molecule has 0 aromatic carbocycles. The van der Waals surface area contributed by atoms with Gasteiger partial charge in [-0.15, -0.1) is 23.1 Å². The maximum absolute atomic E-state index is 12.6. The molecule has 0 atom stereocenters. The Morgan fingerprint density at radius 3 is 2.84 bits per heavy atom. The van der Waals surface area contributed by atoms with Gasteiger partial charge in [0.15, 0.2) is 5.16 Å². The van der Waals surface area contributed by atoms with E-state index in [0.29, 0.717) is 0 Å². The highest BCUT2D eigenvalue weighted by molar-refractivity contribution is 8.00. The molecule has 1 aliphatic heterocycles. The Morgan fingerprint density at radius 2 is 2.16 bits per heavy atom. The van der Waals surface area contributed by atoms with E-state index in [1.807, 2.05) is 25.1 Å². The number of thioether (sulfide) groups is 2. The van der Waals surface area contributed by atoms with E-state index in [1.54, 1.807) is 15.9 Å². The average molecular weight is 312 g/mol. The zero-order valence-corrected chi connectivity index (χ0v) is 13.9. The van der Waals surface area contributed by atoms with Crippen LogP contribution >= 0.6 is 34.9 Å². The van der Waals surface area contributed by atoms with Crippen LogP contribution in [-0.4, -0.2) is 20.6 Å². The standard InChI is InChI=1S/C13H16N2OS3/c1-13(2)5-7-8(6-18-13)19-10-9(7)11(16)15(3)12(14-10)17-4/h5-6H2,1-4H3. The molecule has 0 aliphatic carbocycles. The van der Waals surface area contributed by atoms with Crippen molar-refractivity contribution in [3.05, 3.63) is 20.8 Å². The second-order valence-corrected chi connectivity index (χ2v) is 8.91. The highest BCUT2D eigenvalue weighted by Crippen LogP contribution is 2.43. The number of hydrogen-bond acceptors (Lipinski definition) is 5. The number of hydrogen-bond donors (Lipinski definition) is 0. The Morgan fingerprint density at radius 1 is 1.42 bits per heavy atom.